The summed E-state index contributed by atoms with van der Waals surface area (Å²) in [5.41, 5.74) is 0.228. The second-order valence-corrected chi connectivity index (χ2v) is 18.8. The van der Waals surface area contributed by atoms with Crippen LogP contribution >= 0.6 is 0 Å². The van der Waals surface area contributed by atoms with Gasteiger partial charge in [0.2, 0.25) is 0 Å². The quantitative estimate of drug-likeness (QED) is 0.710. The Morgan fingerprint density at radius 3 is 1.50 bits per heavy atom. The maximum Gasteiger partial charge on any atom is 0.183 e. The van der Waals surface area contributed by atoms with Crippen molar-refractivity contribution in [1.29, 1.82) is 0 Å². The molecule has 0 amide bonds. The Morgan fingerprint density at radius 1 is 0.938 bits per heavy atom. The highest BCUT2D eigenvalue weighted by atomic mass is 32.2. The first kappa shape index (κ1) is 16.5. The summed E-state index contributed by atoms with van der Waals surface area (Å²) in [7, 11) is -2.57. The molecule has 1 unspecified atom stereocenters. The fraction of sp³-hybridized carbons (Fsp3) is 1.00. The Labute approximate surface area is 107 Å². The van der Waals surface area contributed by atoms with E-state index in [4.69, 9.17) is 4.03 Å². The van der Waals surface area contributed by atoms with E-state index in [1.165, 1.54) is 0 Å². The van der Waals surface area contributed by atoms with Gasteiger partial charge >= 0.3 is 0 Å². The zero-order valence-corrected chi connectivity index (χ0v) is 15.6. The third-order valence-electron chi connectivity index (χ3n) is 1.89. The van der Waals surface area contributed by atoms with Crippen molar-refractivity contribution < 1.29 is 0 Å². The van der Waals surface area contributed by atoms with E-state index in [2.05, 4.69) is 70.3 Å². The maximum absolute atomic E-state index is 5.07. The lowest BCUT2D eigenvalue weighted by Gasteiger charge is -2.45. The topological polar surface area (TPSA) is 15.6 Å². The largest absolute Gasteiger partial charge is 0.291 e. The lowest BCUT2D eigenvalue weighted by Crippen LogP contribution is -2.56. The molecular formula is C11H30N2SSi2. The smallest absolute Gasteiger partial charge is 0.183 e. The van der Waals surface area contributed by atoms with Crippen LogP contribution in [0.2, 0.25) is 39.3 Å². The zero-order valence-electron chi connectivity index (χ0n) is 12.8. The summed E-state index contributed by atoms with van der Waals surface area (Å²) in [6, 6.07) is 0. The Morgan fingerprint density at radius 2 is 1.31 bits per heavy atom. The van der Waals surface area contributed by atoms with E-state index in [0.717, 1.165) is 0 Å². The predicted octanol–water partition coefficient (Wildman–Crippen LogP) is 4.10. The van der Waals surface area contributed by atoms with E-state index in [0.29, 0.717) is 0 Å². The summed E-state index contributed by atoms with van der Waals surface area (Å²) in [6.07, 6.45) is 2.29. The molecular weight excluding hydrogens is 248 g/mol. The van der Waals surface area contributed by atoms with Crippen molar-refractivity contribution in [3.8, 4) is 0 Å². The first-order valence-electron chi connectivity index (χ1n) is 5.94. The zero-order chi connectivity index (χ0) is 13.4. The van der Waals surface area contributed by atoms with Crippen molar-refractivity contribution in [3.63, 3.8) is 0 Å². The van der Waals surface area contributed by atoms with Gasteiger partial charge in [-0.05, 0) is 40.4 Å². The summed E-state index contributed by atoms with van der Waals surface area (Å²) in [5, 5.41) is 0. The van der Waals surface area contributed by atoms with Crippen LogP contribution in [0.4, 0.5) is 0 Å². The lowest BCUT2D eigenvalue weighted by atomic mass is 10.1. The van der Waals surface area contributed by atoms with Gasteiger partial charge in [0.15, 0.2) is 8.24 Å². The number of rotatable bonds is 3. The van der Waals surface area contributed by atoms with Crippen molar-refractivity contribution in [3.05, 3.63) is 0 Å². The van der Waals surface area contributed by atoms with Gasteiger partial charge in [-0.3, -0.25) is 8.00 Å². The van der Waals surface area contributed by atoms with Crippen molar-refractivity contribution in [2.45, 2.75) is 65.6 Å². The molecule has 0 N–H and O–H groups in total. The van der Waals surface area contributed by atoms with Crippen LogP contribution in [-0.4, -0.2) is 32.2 Å². The third-order valence-corrected chi connectivity index (χ3v) is 10.5. The third kappa shape index (κ3) is 5.75. The molecule has 2 nitrogen and oxygen atoms in total. The molecule has 0 aliphatic rings. The summed E-state index contributed by atoms with van der Waals surface area (Å²) < 4.78 is 7.75. The standard InChI is InChI=1S/C11H30N2SSi2/c1-11(2,3)13(16(8,9)10)14(4)12-15(5,6)7/h1-10H3. The molecule has 0 fully saturated rings. The summed E-state index contributed by atoms with van der Waals surface area (Å²) in [4.78, 5) is 0. The first-order chi connectivity index (χ1) is 6.75. The number of hydrogen-bond acceptors (Lipinski definition) is 1. The van der Waals surface area contributed by atoms with E-state index in [-0.39, 0.29) is 16.4 Å². The molecule has 0 rings (SSSR count). The van der Waals surface area contributed by atoms with Crippen molar-refractivity contribution >= 4 is 27.3 Å². The summed E-state index contributed by atoms with van der Waals surface area (Å²) in [6.45, 7) is 21.2. The average molecular weight is 279 g/mol. The predicted molar refractivity (Wildman–Crippen MR) is 84.0 cm³/mol. The van der Waals surface area contributed by atoms with E-state index in [1.54, 1.807) is 0 Å². The minimum absolute atomic E-state index is 0.0656. The maximum atomic E-state index is 5.07. The van der Waals surface area contributed by atoms with Gasteiger partial charge in [0.05, 0.1) is 0 Å². The Kier molecular flexibility index (Phi) is 5.21. The fourth-order valence-electron chi connectivity index (χ4n) is 2.24. The first-order valence-corrected chi connectivity index (χ1v) is 14.4. The molecule has 0 bridgehead atoms. The van der Waals surface area contributed by atoms with Crippen LogP contribution in [0.15, 0.2) is 4.03 Å². The highest BCUT2D eigenvalue weighted by Gasteiger charge is 2.35. The molecule has 0 aromatic heterocycles. The normalized spacial score (nSPS) is 16.9. The van der Waals surface area contributed by atoms with Gasteiger partial charge in [-0.15, -0.1) is 0 Å². The molecule has 16 heavy (non-hydrogen) atoms. The molecule has 0 saturated heterocycles. The Bertz CT molecular complexity index is 255. The van der Waals surface area contributed by atoms with Crippen LogP contribution in [-0.2, 0) is 10.9 Å². The molecule has 0 heterocycles. The van der Waals surface area contributed by atoms with E-state index >= 15 is 0 Å². The number of nitrogens with zero attached hydrogens (tertiary/aromatic N) is 2. The molecule has 0 radical (unpaired) electrons. The van der Waals surface area contributed by atoms with Gasteiger partial charge in [0, 0.05) is 11.8 Å². The van der Waals surface area contributed by atoms with Crippen LogP contribution in [0, 0.1) is 0 Å². The van der Waals surface area contributed by atoms with E-state index in [9.17, 15) is 0 Å². The molecule has 98 valence electrons. The molecule has 0 saturated carbocycles. The molecule has 0 aliphatic heterocycles. The molecule has 0 aromatic rings. The molecule has 1 atom stereocenters. The number of hydrogen-bond donors (Lipinski definition) is 0. The van der Waals surface area contributed by atoms with Gasteiger partial charge in [0.25, 0.3) is 0 Å². The van der Waals surface area contributed by atoms with Gasteiger partial charge in [-0.2, -0.15) is 0 Å². The van der Waals surface area contributed by atoms with Crippen LogP contribution in [0.3, 0.4) is 0 Å². The van der Waals surface area contributed by atoms with Crippen molar-refractivity contribution in [2.24, 2.45) is 4.03 Å². The average Bonchev–Trinajstić information content (AvgIpc) is 1.70. The Balaban J connectivity index is 5.33. The van der Waals surface area contributed by atoms with Crippen molar-refractivity contribution in [2.75, 3.05) is 6.26 Å². The van der Waals surface area contributed by atoms with Gasteiger partial charge in [0.1, 0.15) is 8.24 Å². The summed E-state index contributed by atoms with van der Waals surface area (Å²) in [5.74, 6) is 0. The van der Waals surface area contributed by atoms with Gasteiger partial charge in [-0.25, -0.2) is 0 Å². The highest BCUT2D eigenvalue weighted by Crippen LogP contribution is 2.25. The molecule has 0 aromatic carbocycles. The molecule has 0 aliphatic carbocycles. The van der Waals surface area contributed by atoms with Crippen LogP contribution in [0.1, 0.15) is 20.8 Å². The SMILES string of the molecule is CS(=N[Si](C)(C)C)N(C(C)(C)C)[Si](C)(C)C. The lowest BCUT2D eigenvalue weighted by molar-refractivity contribution is 0.378. The minimum atomic E-state index is -1.32. The minimum Gasteiger partial charge on any atom is -0.291 e. The van der Waals surface area contributed by atoms with Gasteiger partial charge in [-0.1, -0.05) is 30.5 Å². The second kappa shape index (κ2) is 5.04. The van der Waals surface area contributed by atoms with Crippen LogP contribution in [0.5, 0.6) is 0 Å². The van der Waals surface area contributed by atoms with Crippen molar-refractivity contribution in [1.82, 2.24) is 3.97 Å². The van der Waals surface area contributed by atoms with Crippen LogP contribution < -0.4 is 0 Å². The van der Waals surface area contributed by atoms with Crippen LogP contribution in [0.25, 0.3) is 0 Å². The molecule has 5 heteroatoms. The fourth-order valence-corrected chi connectivity index (χ4v) is 12.1. The molecule has 0 spiro atoms. The van der Waals surface area contributed by atoms with Gasteiger partial charge < -0.3 is 0 Å². The Hall–Kier alpha value is 0.544. The highest BCUT2D eigenvalue weighted by molar-refractivity contribution is 7.86. The second-order valence-electron chi connectivity index (χ2n) is 7.34. The monoisotopic (exact) mass is 278 g/mol. The van der Waals surface area contributed by atoms with E-state index in [1.807, 2.05) is 0 Å². The van der Waals surface area contributed by atoms with E-state index < -0.39 is 16.5 Å². The summed E-state index contributed by atoms with van der Waals surface area (Å²) >= 11 is 0.